The Morgan fingerprint density at radius 2 is 1.94 bits per heavy atom. The van der Waals surface area contributed by atoms with Crippen LogP contribution in [-0.2, 0) is 0 Å². The normalized spacial score (nSPS) is 24.4. The van der Waals surface area contributed by atoms with Gasteiger partial charge in [0.2, 0.25) is 0 Å². The molecule has 1 aliphatic heterocycles. The van der Waals surface area contributed by atoms with Crippen LogP contribution in [0, 0.1) is 5.92 Å². The van der Waals surface area contributed by atoms with E-state index in [1.54, 1.807) is 14.2 Å². The molecule has 2 rings (SSSR count). The fraction of sp³-hybridized carbons (Fsp3) is 0.538. The first-order valence-electron chi connectivity index (χ1n) is 5.70. The van der Waals surface area contributed by atoms with Crippen LogP contribution in [0.15, 0.2) is 18.2 Å². The molecule has 3 nitrogen and oxygen atoms in total. The molecule has 1 N–H and O–H groups in total. The Morgan fingerprint density at radius 3 is 2.50 bits per heavy atom. The number of hydrogen-bond donors (Lipinski definition) is 1. The number of rotatable bonds is 3. The SMILES string of the molecule is COc1ccc([C@@H]2C[C@@H](C)CN2)cc1OC. The molecule has 16 heavy (non-hydrogen) atoms. The third-order valence-corrected chi connectivity index (χ3v) is 3.16. The van der Waals surface area contributed by atoms with Gasteiger partial charge in [0, 0.05) is 6.04 Å². The van der Waals surface area contributed by atoms with E-state index in [1.165, 1.54) is 12.0 Å². The summed E-state index contributed by atoms with van der Waals surface area (Å²) in [4.78, 5) is 0. The first-order valence-corrected chi connectivity index (χ1v) is 5.70. The van der Waals surface area contributed by atoms with Crippen molar-refractivity contribution in [2.45, 2.75) is 19.4 Å². The van der Waals surface area contributed by atoms with Gasteiger partial charge in [-0.05, 0) is 36.6 Å². The first-order chi connectivity index (χ1) is 7.74. The van der Waals surface area contributed by atoms with Crippen molar-refractivity contribution in [1.29, 1.82) is 0 Å². The van der Waals surface area contributed by atoms with E-state index in [1.807, 2.05) is 6.07 Å². The average molecular weight is 221 g/mol. The Bertz CT molecular complexity index is 365. The van der Waals surface area contributed by atoms with Crippen LogP contribution in [0.2, 0.25) is 0 Å². The molecule has 1 heterocycles. The van der Waals surface area contributed by atoms with Crippen molar-refractivity contribution < 1.29 is 9.47 Å². The Balaban J connectivity index is 2.22. The fourth-order valence-electron chi connectivity index (χ4n) is 2.24. The van der Waals surface area contributed by atoms with Gasteiger partial charge in [0.05, 0.1) is 14.2 Å². The molecule has 1 aromatic carbocycles. The molecule has 0 amide bonds. The predicted molar refractivity (Wildman–Crippen MR) is 64.1 cm³/mol. The highest BCUT2D eigenvalue weighted by Crippen LogP contribution is 2.33. The monoisotopic (exact) mass is 221 g/mol. The summed E-state index contributed by atoms with van der Waals surface area (Å²) in [6, 6.07) is 6.60. The maximum absolute atomic E-state index is 5.31. The van der Waals surface area contributed by atoms with Crippen LogP contribution in [0.3, 0.4) is 0 Å². The predicted octanol–water partition coefficient (Wildman–Crippen LogP) is 2.37. The van der Waals surface area contributed by atoms with E-state index in [0.29, 0.717) is 6.04 Å². The molecule has 0 spiro atoms. The molecule has 2 atom stereocenters. The summed E-state index contributed by atoms with van der Waals surface area (Å²) < 4.78 is 10.5. The molecule has 1 saturated heterocycles. The van der Waals surface area contributed by atoms with Gasteiger partial charge in [-0.3, -0.25) is 0 Å². The summed E-state index contributed by atoms with van der Waals surface area (Å²) in [5.41, 5.74) is 1.28. The second-order valence-electron chi connectivity index (χ2n) is 4.42. The van der Waals surface area contributed by atoms with Gasteiger partial charge in [-0.25, -0.2) is 0 Å². The summed E-state index contributed by atoms with van der Waals surface area (Å²) >= 11 is 0. The molecular weight excluding hydrogens is 202 g/mol. The number of ether oxygens (including phenoxy) is 2. The second-order valence-corrected chi connectivity index (χ2v) is 4.42. The van der Waals surface area contributed by atoms with E-state index in [9.17, 15) is 0 Å². The highest BCUT2D eigenvalue weighted by Gasteiger charge is 2.22. The van der Waals surface area contributed by atoms with E-state index in [-0.39, 0.29) is 0 Å². The van der Waals surface area contributed by atoms with Gasteiger partial charge in [0.15, 0.2) is 11.5 Å². The van der Waals surface area contributed by atoms with Crippen molar-refractivity contribution in [3.05, 3.63) is 23.8 Å². The summed E-state index contributed by atoms with van der Waals surface area (Å²) in [5, 5.41) is 3.52. The molecule has 0 aromatic heterocycles. The number of methoxy groups -OCH3 is 2. The highest BCUT2D eigenvalue weighted by atomic mass is 16.5. The molecule has 1 aromatic rings. The third-order valence-electron chi connectivity index (χ3n) is 3.16. The van der Waals surface area contributed by atoms with Crippen LogP contribution >= 0.6 is 0 Å². The molecule has 0 bridgehead atoms. The molecule has 0 radical (unpaired) electrons. The highest BCUT2D eigenvalue weighted by molar-refractivity contribution is 5.43. The van der Waals surface area contributed by atoms with Crippen LogP contribution < -0.4 is 14.8 Å². The topological polar surface area (TPSA) is 30.5 Å². The molecule has 0 saturated carbocycles. The lowest BCUT2D eigenvalue weighted by atomic mass is 10.0. The van der Waals surface area contributed by atoms with Crippen LogP contribution in [0.5, 0.6) is 11.5 Å². The Labute approximate surface area is 96.8 Å². The minimum Gasteiger partial charge on any atom is -0.493 e. The Kier molecular flexibility index (Phi) is 3.34. The molecule has 88 valence electrons. The maximum Gasteiger partial charge on any atom is 0.161 e. The summed E-state index contributed by atoms with van der Waals surface area (Å²) in [5.74, 6) is 2.34. The zero-order valence-corrected chi connectivity index (χ0v) is 10.1. The lowest BCUT2D eigenvalue weighted by Crippen LogP contribution is -2.13. The summed E-state index contributed by atoms with van der Waals surface area (Å²) in [6.07, 6.45) is 1.19. The molecule has 0 unspecified atom stereocenters. The van der Waals surface area contributed by atoms with E-state index in [0.717, 1.165) is 24.0 Å². The fourth-order valence-corrected chi connectivity index (χ4v) is 2.24. The van der Waals surface area contributed by atoms with Gasteiger partial charge >= 0.3 is 0 Å². The van der Waals surface area contributed by atoms with Crippen LogP contribution in [0.4, 0.5) is 0 Å². The molecule has 3 heteroatoms. The molecule has 1 fully saturated rings. The van der Waals surface area contributed by atoms with E-state index in [2.05, 4.69) is 24.4 Å². The smallest absolute Gasteiger partial charge is 0.161 e. The van der Waals surface area contributed by atoms with Crippen molar-refractivity contribution in [2.24, 2.45) is 5.92 Å². The lowest BCUT2D eigenvalue weighted by Gasteiger charge is -2.14. The van der Waals surface area contributed by atoms with Crippen molar-refractivity contribution in [2.75, 3.05) is 20.8 Å². The second kappa shape index (κ2) is 4.74. The zero-order chi connectivity index (χ0) is 11.5. The minimum atomic E-state index is 0.454. The van der Waals surface area contributed by atoms with Gasteiger partial charge in [-0.15, -0.1) is 0 Å². The standard InChI is InChI=1S/C13H19NO2/c1-9-6-11(14-8-9)10-4-5-12(15-2)13(7-10)16-3/h4-5,7,9,11,14H,6,8H2,1-3H3/t9-,11+/m1/s1. The zero-order valence-electron chi connectivity index (χ0n) is 10.1. The Morgan fingerprint density at radius 1 is 1.19 bits per heavy atom. The molecular formula is C13H19NO2. The quantitative estimate of drug-likeness (QED) is 0.850. The summed E-state index contributed by atoms with van der Waals surface area (Å²) in [6.45, 7) is 3.37. The summed E-state index contributed by atoms with van der Waals surface area (Å²) in [7, 11) is 3.33. The van der Waals surface area contributed by atoms with Crippen molar-refractivity contribution >= 4 is 0 Å². The van der Waals surface area contributed by atoms with Crippen molar-refractivity contribution in [1.82, 2.24) is 5.32 Å². The van der Waals surface area contributed by atoms with E-state index >= 15 is 0 Å². The third kappa shape index (κ3) is 2.14. The number of nitrogens with one attached hydrogen (secondary N) is 1. The molecule has 1 aliphatic rings. The average Bonchev–Trinajstić information content (AvgIpc) is 2.75. The molecule has 0 aliphatic carbocycles. The lowest BCUT2D eigenvalue weighted by molar-refractivity contribution is 0.354. The van der Waals surface area contributed by atoms with Gasteiger partial charge in [0.25, 0.3) is 0 Å². The Hall–Kier alpha value is -1.22. The number of benzene rings is 1. The minimum absolute atomic E-state index is 0.454. The number of hydrogen-bond acceptors (Lipinski definition) is 3. The maximum atomic E-state index is 5.31. The van der Waals surface area contributed by atoms with Crippen LogP contribution in [-0.4, -0.2) is 20.8 Å². The van der Waals surface area contributed by atoms with Gasteiger partial charge in [-0.1, -0.05) is 13.0 Å². The van der Waals surface area contributed by atoms with Crippen LogP contribution in [0.1, 0.15) is 24.9 Å². The van der Waals surface area contributed by atoms with Gasteiger partial charge < -0.3 is 14.8 Å². The first kappa shape index (κ1) is 11.3. The van der Waals surface area contributed by atoms with Gasteiger partial charge in [0.1, 0.15) is 0 Å². The van der Waals surface area contributed by atoms with E-state index < -0.39 is 0 Å². The van der Waals surface area contributed by atoms with Crippen molar-refractivity contribution in [3.63, 3.8) is 0 Å². The van der Waals surface area contributed by atoms with Gasteiger partial charge in [-0.2, -0.15) is 0 Å². The largest absolute Gasteiger partial charge is 0.493 e. The van der Waals surface area contributed by atoms with E-state index in [4.69, 9.17) is 9.47 Å². The van der Waals surface area contributed by atoms with Crippen LogP contribution in [0.25, 0.3) is 0 Å². The van der Waals surface area contributed by atoms with Crippen molar-refractivity contribution in [3.8, 4) is 11.5 Å².